The van der Waals surface area contributed by atoms with Gasteiger partial charge >= 0.3 is 0 Å². The van der Waals surface area contributed by atoms with Crippen LogP contribution in [-0.4, -0.2) is 33.1 Å². The Morgan fingerprint density at radius 3 is 2.32 bits per heavy atom. The monoisotopic (exact) mass is 434 g/mol. The highest BCUT2D eigenvalue weighted by atomic mass is 35.5. The quantitative estimate of drug-likeness (QED) is 0.757. The molecule has 11 heteroatoms. The minimum atomic E-state index is -4.19. The highest BCUT2D eigenvalue weighted by molar-refractivity contribution is 7.89. The van der Waals surface area contributed by atoms with E-state index in [2.05, 4.69) is 10.0 Å². The van der Waals surface area contributed by atoms with E-state index in [4.69, 9.17) is 16.3 Å². The molecule has 0 bridgehead atoms. The van der Waals surface area contributed by atoms with Gasteiger partial charge in [-0.15, -0.1) is 0 Å². The van der Waals surface area contributed by atoms with Gasteiger partial charge in [0, 0.05) is 11.8 Å². The van der Waals surface area contributed by atoms with Gasteiger partial charge in [-0.05, 0) is 31.2 Å². The van der Waals surface area contributed by atoms with E-state index in [1.165, 1.54) is 0 Å². The molecule has 0 atom stereocenters. The summed E-state index contributed by atoms with van der Waals surface area (Å²) in [4.78, 5) is 11.9. The highest BCUT2D eigenvalue weighted by Gasteiger charge is 2.39. The molecule has 1 heterocycles. The zero-order chi connectivity index (χ0) is 20.7. The number of nitrogens with one attached hydrogen (secondary N) is 2. The lowest BCUT2D eigenvalue weighted by atomic mass is 10.0. The second-order valence-electron chi connectivity index (χ2n) is 6.48. The third kappa shape index (κ3) is 4.00. The van der Waals surface area contributed by atoms with Crippen LogP contribution in [0.2, 0.25) is 5.02 Å². The summed E-state index contributed by atoms with van der Waals surface area (Å²) in [5.74, 6) is -4.55. The van der Waals surface area contributed by atoms with Crippen molar-refractivity contribution in [1.29, 1.82) is 0 Å². The van der Waals surface area contributed by atoms with Crippen molar-refractivity contribution in [2.45, 2.75) is 17.4 Å². The number of carbonyl (C=O) groups is 1. The van der Waals surface area contributed by atoms with E-state index in [9.17, 15) is 26.4 Å². The maximum absolute atomic E-state index is 14.2. The summed E-state index contributed by atoms with van der Waals surface area (Å²) >= 11 is 6.02. The molecule has 0 unspecified atom stereocenters. The number of sulfonamides is 1. The van der Waals surface area contributed by atoms with Crippen LogP contribution in [0.25, 0.3) is 0 Å². The number of rotatable bonds is 5. The van der Waals surface area contributed by atoms with E-state index in [0.29, 0.717) is 6.07 Å². The van der Waals surface area contributed by atoms with Crippen molar-refractivity contribution in [3.8, 4) is 0 Å². The first-order chi connectivity index (χ1) is 13.0. The zero-order valence-corrected chi connectivity index (χ0v) is 15.9. The standard InChI is InChI=1S/C17H14ClF3N2O4S/c1-17(7-27-8-17)23-28(25,26)13-5-4-11(20)14(15(13)18)16(24)22-9-2-3-10(19)12(21)6-9/h2-6,23H,7-8H2,1H3,(H,22,24). The Labute approximate surface area is 163 Å². The summed E-state index contributed by atoms with van der Waals surface area (Å²) in [6.45, 7) is 1.91. The lowest BCUT2D eigenvalue weighted by molar-refractivity contribution is -0.0523. The minimum Gasteiger partial charge on any atom is -0.377 e. The second kappa shape index (κ2) is 7.36. The van der Waals surface area contributed by atoms with Crippen LogP contribution < -0.4 is 10.0 Å². The van der Waals surface area contributed by atoms with Crippen LogP contribution in [0, 0.1) is 17.5 Å². The molecule has 2 aromatic carbocycles. The molecule has 3 rings (SSSR count). The van der Waals surface area contributed by atoms with Gasteiger partial charge in [0.15, 0.2) is 11.6 Å². The molecule has 0 aliphatic carbocycles. The SMILES string of the molecule is CC1(NS(=O)(=O)c2ccc(F)c(C(=O)Nc3ccc(F)c(F)c3)c2Cl)COC1. The van der Waals surface area contributed by atoms with Gasteiger partial charge < -0.3 is 10.1 Å². The Balaban J connectivity index is 1.94. The van der Waals surface area contributed by atoms with Crippen molar-refractivity contribution >= 4 is 33.2 Å². The smallest absolute Gasteiger partial charge is 0.260 e. The van der Waals surface area contributed by atoms with Crippen LogP contribution >= 0.6 is 11.6 Å². The van der Waals surface area contributed by atoms with Gasteiger partial charge in [-0.2, -0.15) is 0 Å². The van der Waals surface area contributed by atoms with E-state index in [1.54, 1.807) is 6.92 Å². The Bertz CT molecular complexity index is 1060. The fourth-order valence-corrected chi connectivity index (χ4v) is 4.57. The number of anilines is 1. The molecular formula is C17H14ClF3N2O4S. The number of benzene rings is 2. The third-order valence-electron chi connectivity index (χ3n) is 3.97. The first-order valence-corrected chi connectivity index (χ1v) is 9.75. The Morgan fingerprint density at radius 1 is 1.11 bits per heavy atom. The van der Waals surface area contributed by atoms with Gasteiger partial charge in [-0.25, -0.2) is 26.3 Å². The van der Waals surface area contributed by atoms with Crippen LogP contribution in [-0.2, 0) is 14.8 Å². The zero-order valence-electron chi connectivity index (χ0n) is 14.4. The molecule has 1 aliphatic rings. The van der Waals surface area contributed by atoms with Crippen molar-refractivity contribution in [1.82, 2.24) is 4.72 Å². The molecule has 1 aliphatic heterocycles. The van der Waals surface area contributed by atoms with Crippen LogP contribution in [0.15, 0.2) is 35.2 Å². The van der Waals surface area contributed by atoms with Gasteiger partial charge in [-0.1, -0.05) is 11.6 Å². The number of hydrogen-bond acceptors (Lipinski definition) is 4. The average molecular weight is 435 g/mol. The van der Waals surface area contributed by atoms with Crippen LogP contribution in [0.3, 0.4) is 0 Å². The third-order valence-corrected chi connectivity index (χ3v) is 6.16. The molecule has 0 saturated carbocycles. The van der Waals surface area contributed by atoms with E-state index in [-0.39, 0.29) is 18.9 Å². The van der Waals surface area contributed by atoms with E-state index < -0.39 is 54.4 Å². The van der Waals surface area contributed by atoms with Crippen LogP contribution in [0.5, 0.6) is 0 Å². The summed E-state index contributed by atoms with van der Waals surface area (Å²) in [7, 11) is -4.19. The number of halogens is 4. The molecule has 0 spiro atoms. The van der Waals surface area contributed by atoms with Crippen LogP contribution in [0.1, 0.15) is 17.3 Å². The highest BCUT2D eigenvalue weighted by Crippen LogP contribution is 2.30. The predicted molar refractivity (Wildman–Crippen MR) is 95.3 cm³/mol. The molecule has 2 aromatic rings. The van der Waals surface area contributed by atoms with Crippen LogP contribution in [0.4, 0.5) is 18.9 Å². The molecule has 0 radical (unpaired) electrons. The maximum Gasteiger partial charge on any atom is 0.260 e. The van der Waals surface area contributed by atoms with E-state index in [1.807, 2.05) is 0 Å². The van der Waals surface area contributed by atoms with Gasteiger partial charge in [0.05, 0.1) is 29.3 Å². The van der Waals surface area contributed by atoms with Crippen molar-refractivity contribution in [2.75, 3.05) is 18.5 Å². The molecule has 28 heavy (non-hydrogen) atoms. The van der Waals surface area contributed by atoms with Crippen molar-refractivity contribution < 1.29 is 31.1 Å². The maximum atomic E-state index is 14.2. The molecule has 1 saturated heterocycles. The Morgan fingerprint density at radius 2 is 1.75 bits per heavy atom. The Kier molecular flexibility index (Phi) is 5.41. The van der Waals surface area contributed by atoms with Crippen molar-refractivity contribution in [3.63, 3.8) is 0 Å². The number of hydrogen-bond donors (Lipinski definition) is 2. The van der Waals surface area contributed by atoms with Gasteiger partial charge in [-0.3, -0.25) is 4.79 Å². The fourth-order valence-electron chi connectivity index (χ4n) is 2.56. The number of carbonyl (C=O) groups excluding carboxylic acids is 1. The summed E-state index contributed by atoms with van der Waals surface area (Å²) < 4.78 is 73.0. The van der Waals surface area contributed by atoms with E-state index >= 15 is 0 Å². The predicted octanol–water partition coefficient (Wildman–Crippen LogP) is 3.08. The first-order valence-electron chi connectivity index (χ1n) is 7.88. The normalized spacial score (nSPS) is 15.8. The molecule has 2 N–H and O–H groups in total. The minimum absolute atomic E-state index is 0.147. The summed E-state index contributed by atoms with van der Waals surface area (Å²) in [5.41, 5.74) is -1.75. The lowest BCUT2D eigenvalue weighted by Gasteiger charge is -2.38. The summed E-state index contributed by atoms with van der Waals surface area (Å²) in [5, 5.41) is 1.51. The second-order valence-corrected chi connectivity index (χ2v) is 8.51. The van der Waals surface area contributed by atoms with Gasteiger partial charge in [0.2, 0.25) is 10.0 Å². The lowest BCUT2D eigenvalue weighted by Crippen LogP contribution is -2.59. The first kappa shape index (κ1) is 20.6. The van der Waals surface area contributed by atoms with Crippen molar-refractivity contribution in [3.05, 3.63) is 58.4 Å². The molecule has 0 aromatic heterocycles. The molecule has 150 valence electrons. The molecule has 6 nitrogen and oxygen atoms in total. The van der Waals surface area contributed by atoms with E-state index in [0.717, 1.165) is 24.3 Å². The molecular weight excluding hydrogens is 421 g/mol. The molecule has 1 amide bonds. The topological polar surface area (TPSA) is 84.5 Å². The average Bonchev–Trinajstić information content (AvgIpc) is 2.56. The van der Waals surface area contributed by atoms with Gasteiger partial charge in [0.25, 0.3) is 5.91 Å². The largest absolute Gasteiger partial charge is 0.377 e. The number of ether oxygens (including phenoxy) is 1. The van der Waals surface area contributed by atoms with Crippen molar-refractivity contribution in [2.24, 2.45) is 0 Å². The van der Waals surface area contributed by atoms with Gasteiger partial charge in [0.1, 0.15) is 10.7 Å². The Hall–Kier alpha value is -2.14. The number of amides is 1. The fraction of sp³-hybridized carbons (Fsp3) is 0.235. The molecule has 1 fully saturated rings. The summed E-state index contributed by atoms with van der Waals surface area (Å²) in [6.07, 6.45) is 0. The summed E-state index contributed by atoms with van der Waals surface area (Å²) in [6, 6.07) is 4.23.